The maximum Gasteiger partial charge on any atom is 0.257 e. The van der Waals surface area contributed by atoms with Crippen LogP contribution in [0.4, 0.5) is 5.69 Å². The Morgan fingerprint density at radius 2 is 1.88 bits per heavy atom. The maximum absolute atomic E-state index is 13.3. The van der Waals surface area contributed by atoms with Gasteiger partial charge >= 0.3 is 0 Å². The van der Waals surface area contributed by atoms with Crippen molar-refractivity contribution < 1.29 is 23.9 Å². The largest absolute Gasteiger partial charge is 0.490 e. The minimum absolute atomic E-state index is 0.0290. The summed E-state index contributed by atoms with van der Waals surface area (Å²) in [5.74, 6) is 0.433. The highest BCUT2D eigenvalue weighted by Crippen LogP contribution is 2.33. The van der Waals surface area contributed by atoms with Gasteiger partial charge in [0.25, 0.3) is 5.91 Å². The van der Waals surface area contributed by atoms with Crippen LogP contribution in [0.2, 0.25) is 0 Å². The van der Waals surface area contributed by atoms with E-state index in [1.807, 2.05) is 0 Å². The van der Waals surface area contributed by atoms with Crippen LogP contribution in [0.15, 0.2) is 18.2 Å². The maximum atomic E-state index is 13.3. The first kappa shape index (κ1) is 23.5. The van der Waals surface area contributed by atoms with Gasteiger partial charge < -0.3 is 24.6 Å². The van der Waals surface area contributed by atoms with Crippen molar-refractivity contribution in [1.82, 2.24) is 9.80 Å². The van der Waals surface area contributed by atoms with Gasteiger partial charge in [-0.2, -0.15) is 0 Å². The molecule has 1 saturated carbocycles. The summed E-state index contributed by atoms with van der Waals surface area (Å²) in [5, 5.41) is 3.00. The monoisotopic (exact) mass is 457 g/mol. The molecule has 3 amide bonds. The molecular weight excluding hydrogens is 422 g/mol. The van der Waals surface area contributed by atoms with E-state index in [-0.39, 0.29) is 41.9 Å². The van der Waals surface area contributed by atoms with E-state index in [0.29, 0.717) is 36.4 Å². The van der Waals surface area contributed by atoms with Crippen molar-refractivity contribution >= 4 is 23.4 Å². The number of anilines is 1. The molecule has 0 spiro atoms. The van der Waals surface area contributed by atoms with Crippen molar-refractivity contribution in [2.24, 2.45) is 5.92 Å². The third kappa shape index (κ3) is 5.32. The van der Waals surface area contributed by atoms with Crippen molar-refractivity contribution in [3.05, 3.63) is 23.8 Å². The minimum atomic E-state index is -0.300. The molecule has 8 nitrogen and oxygen atoms in total. The Bertz CT molecular complexity index is 896. The lowest BCUT2D eigenvalue weighted by molar-refractivity contribution is -0.140. The molecular formula is C25H35N3O5. The van der Waals surface area contributed by atoms with E-state index < -0.39 is 0 Å². The van der Waals surface area contributed by atoms with E-state index in [1.54, 1.807) is 49.1 Å². The van der Waals surface area contributed by atoms with Crippen LogP contribution >= 0.6 is 0 Å². The zero-order valence-corrected chi connectivity index (χ0v) is 19.8. The molecule has 2 aliphatic heterocycles. The van der Waals surface area contributed by atoms with Gasteiger partial charge in [-0.1, -0.05) is 19.3 Å². The number of hydrogen-bond donors (Lipinski definition) is 1. The molecule has 0 unspecified atom stereocenters. The lowest BCUT2D eigenvalue weighted by atomic mass is 9.88. The highest BCUT2D eigenvalue weighted by Gasteiger charge is 2.39. The van der Waals surface area contributed by atoms with Gasteiger partial charge in [-0.25, -0.2) is 0 Å². The van der Waals surface area contributed by atoms with E-state index in [0.717, 1.165) is 32.1 Å². The van der Waals surface area contributed by atoms with Crippen molar-refractivity contribution in [3.63, 3.8) is 0 Å². The fourth-order valence-electron chi connectivity index (χ4n) is 5.09. The Labute approximate surface area is 195 Å². The number of fused-ring (bicyclic) bond motifs is 2. The molecule has 0 bridgehead atoms. The Balaban J connectivity index is 1.47. The van der Waals surface area contributed by atoms with E-state index in [1.165, 1.54) is 6.42 Å². The number of carbonyl (C=O) groups excluding carboxylic acids is 3. The summed E-state index contributed by atoms with van der Waals surface area (Å²) >= 11 is 0. The van der Waals surface area contributed by atoms with Crippen molar-refractivity contribution in [2.75, 3.05) is 33.1 Å². The van der Waals surface area contributed by atoms with Crippen molar-refractivity contribution in [3.8, 4) is 5.75 Å². The Hall–Kier alpha value is -2.61. The fourth-order valence-corrected chi connectivity index (χ4v) is 5.09. The lowest BCUT2D eigenvalue weighted by Gasteiger charge is -2.42. The summed E-state index contributed by atoms with van der Waals surface area (Å²) in [6.07, 6.45) is 6.53. The summed E-state index contributed by atoms with van der Waals surface area (Å²) in [5.41, 5.74) is 1.07. The highest BCUT2D eigenvalue weighted by atomic mass is 16.5. The van der Waals surface area contributed by atoms with Crippen LogP contribution in [0, 0.1) is 5.92 Å². The van der Waals surface area contributed by atoms with E-state index in [4.69, 9.17) is 9.47 Å². The summed E-state index contributed by atoms with van der Waals surface area (Å²) in [6, 6.07) is 5.12. The number of likely N-dealkylation sites (N-methyl/N-ethyl adjacent to an activating group) is 1. The molecule has 2 heterocycles. The molecule has 0 aromatic heterocycles. The number of nitrogens with one attached hydrogen (secondary N) is 1. The molecule has 1 aromatic rings. The number of amides is 3. The first-order chi connectivity index (χ1) is 15.8. The molecule has 3 aliphatic rings. The average molecular weight is 458 g/mol. The number of hydrogen-bond acceptors (Lipinski definition) is 5. The van der Waals surface area contributed by atoms with Crippen molar-refractivity contribution in [2.45, 2.75) is 69.6 Å². The molecule has 1 aromatic carbocycles. The summed E-state index contributed by atoms with van der Waals surface area (Å²) < 4.78 is 12.2. The summed E-state index contributed by atoms with van der Waals surface area (Å²) in [6.45, 7) is 0.301. The van der Waals surface area contributed by atoms with Crippen LogP contribution in [0.3, 0.4) is 0 Å². The first-order valence-corrected chi connectivity index (χ1v) is 12.0. The quantitative estimate of drug-likeness (QED) is 0.751. The Morgan fingerprint density at radius 1 is 1.12 bits per heavy atom. The van der Waals surface area contributed by atoms with Gasteiger partial charge in [-0.15, -0.1) is 0 Å². The van der Waals surface area contributed by atoms with E-state index in [9.17, 15) is 14.4 Å². The topological polar surface area (TPSA) is 88.2 Å². The number of ether oxygens (including phenoxy) is 2. The van der Waals surface area contributed by atoms with Crippen LogP contribution < -0.4 is 10.1 Å². The number of benzene rings is 1. The minimum Gasteiger partial charge on any atom is -0.490 e. The van der Waals surface area contributed by atoms with Gasteiger partial charge in [0.15, 0.2) is 0 Å². The molecule has 1 aliphatic carbocycles. The second-order valence-corrected chi connectivity index (χ2v) is 9.70. The van der Waals surface area contributed by atoms with Crippen LogP contribution in [-0.4, -0.2) is 73.5 Å². The SMILES string of the molecule is CN(C)C(=O)C[C@H]1CC[C@@H]2[C@@H](COc3ccc(NC(=O)C4CCCCC4)cc3C(=O)N2C)O1. The fraction of sp³-hybridized carbons (Fsp3) is 0.640. The predicted octanol–water partition coefficient (Wildman–Crippen LogP) is 3.06. The molecule has 4 rings (SSSR count). The molecule has 0 radical (unpaired) electrons. The zero-order valence-electron chi connectivity index (χ0n) is 19.8. The van der Waals surface area contributed by atoms with Crippen LogP contribution in [0.25, 0.3) is 0 Å². The van der Waals surface area contributed by atoms with Crippen LogP contribution in [-0.2, 0) is 14.3 Å². The van der Waals surface area contributed by atoms with Gasteiger partial charge in [-0.3, -0.25) is 14.4 Å². The zero-order chi connectivity index (χ0) is 23.5. The van der Waals surface area contributed by atoms with E-state index >= 15 is 0 Å². The second-order valence-electron chi connectivity index (χ2n) is 9.70. The number of carbonyl (C=O) groups is 3. The molecule has 180 valence electrons. The van der Waals surface area contributed by atoms with E-state index in [2.05, 4.69) is 5.32 Å². The van der Waals surface area contributed by atoms with Gasteiger partial charge in [0, 0.05) is 32.7 Å². The third-order valence-electron chi connectivity index (χ3n) is 7.16. The normalized spacial score (nSPS) is 25.7. The van der Waals surface area contributed by atoms with Crippen LogP contribution in [0.5, 0.6) is 5.75 Å². The summed E-state index contributed by atoms with van der Waals surface area (Å²) in [4.78, 5) is 41.4. The molecule has 3 atom stereocenters. The molecule has 33 heavy (non-hydrogen) atoms. The third-order valence-corrected chi connectivity index (χ3v) is 7.16. The number of nitrogens with zero attached hydrogens (tertiary/aromatic N) is 2. The van der Waals surface area contributed by atoms with Crippen LogP contribution in [0.1, 0.15) is 61.7 Å². The Kier molecular flexibility index (Phi) is 7.22. The smallest absolute Gasteiger partial charge is 0.257 e. The standard InChI is InChI=1S/C25H35N3O5/c1-27(2)23(29)14-18-10-11-20-22(33-18)15-32-21-12-9-17(13-19(21)25(31)28(20)3)26-24(30)16-7-5-4-6-8-16/h9,12-13,16,18,20,22H,4-8,10-11,14-15H2,1-3H3,(H,26,30)/t18-,20-,22-/m1/s1. The lowest BCUT2D eigenvalue weighted by Crippen LogP contribution is -2.53. The average Bonchev–Trinajstić information content (AvgIpc) is 2.82. The summed E-state index contributed by atoms with van der Waals surface area (Å²) in [7, 11) is 5.27. The molecule has 1 saturated heterocycles. The van der Waals surface area contributed by atoms with Gasteiger partial charge in [0.1, 0.15) is 18.5 Å². The molecule has 2 fully saturated rings. The van der Waals surface area contributed by atoms with Crippen molar-refractivity contribution in [1.29, 1.82) is 0 Å². The molecule has 8 heteroatoms. The second kappa shape index (κ2) is 10.1. The van der Waals surface area contributed by atoms with Gasteiger partial charge in [0.05, 0.1) is 24.1 Å². The van der Waals surface area contributed by atoms with Gasteiger partial charge in [0.2, 0.25) is 11.8 Å². The van der Waals surface area contributed by atoms with Gasteiger partial charge in [-0.05, 0) is 43.9 Å². The first-order valence-electron chi connectivity index (χ1n) is 12.0. The predicted molar refractivity (Wildman–Crippen MR) is 124 cm³/mol. The molecule has 1 N–H and O–H groups in total. The highest BCUT2D eigenvalue weighted by molar-refractivity contribution is 6.00. The Morgan fingerprint density at radius 3 is 2.61 bits per heavy atom. The number of rotatable bonds is 4.